The van der Waals surface area contributed by atoms with Gasteiger partial charge in [0.1, 0.15) is 0 Å². The zero-order valence-corrected chi connectivity index (χ0v) is 8.06. The Morgan fingerprint density at radius 3 is 2.33 bits per heavy atom. The Morgan fingerprint density at radius 2 is 1.92 bits per heavy atom. The van der Waals surface area contributed by atoms with Crippen LogP contribution in [-0.2, 0) is 9.05 Å². The van der Waals surface area contributed by atoms with Gasteiger partial charge in [0.05, 0.1) is 4.90 Å². The largest absolute Gasteiger partial charge is 0.261 e. The van der Waals surface area contributed by atoms with Crippen LogP contribution in [0.4, 0.5) is 0 Å². The van der Waals surface area contributed by atoms with E-state index in [1.54, 1.807) is 31.5 Å². The van der Waals surface area contributed by atoms with Gasteiger partial charge in [-0.05, 0) is 18.1 Å². The van der Waals surface area contributed by atoms with Gasteiger partial charge < -0.3 is 0 Å². The smallest absolute Gasteiger partial charge is 0.207 e. The third-order valence-corrected chi connectivity index (χ3v) is 2.89. The first-order valence-corrected chi connectivity index (χ1v) is 5.69. The Kier molecular flexibility index (Phi) is 2.75. The molecule has 0 amide bonds. The van der Waals surface area contributed by atoms with E-state index in [0.29, 0.717) is 5.56 Å². The van der Waals surface area contributed by atoms with Crippen LogP contribution < -0.4 is 0 Å². The molecule has 0 saturated heterocycles. The highest BCUT2D eigenvalue weighted by atomic mass is 35.7. The molecule has 0 spiro atoms. The molecule has 2 nitrogen and oxygen atoms in total. The maximum absolute atomic E-state index is 11.0. The van der Waals surface area contributed by atoms with E-state index in [4.69, 9.17) is 10.7 Å². The van der Waals surface area contributed by atoms with Crippen LogP contribution in [-0.4, -0.2) is 8.42 Å². The van der Waals surface area contributed by atoms with Crippen molar-refractivity contribution in [3.63, 3.8) is 0 Å². The van der Waals surface area contributed by atoms with Crippen LogP contribution in [0.1, 0.15) is 12.5 Å². The topological polar surface area (TPSA) is 34.1 Å². The summed E-state index contributed by atoms with van der Waals surface area (Å²) in [5.74, 6) is 0. The van der Waals surface area contributed by atoms with E-state index in [0.717, 1.165) is 0 Å². The molecule has 1 radical (unpaired) electrons. The molecule has 1 aromatic carbocycles. The van der Waals surface area contributed by atoms with Crippen LogP contribution in [0.2, 0.25) is 0 Å². The van der Waals surface area contributed by atoms with Gasteiger partial charge in [0, 0.05) is 10.7 Å². The van der Waals surface area contributed by atoms with Crippen molar-refractivity contribution in [3.8, 4) is 0 Å². The van der Waals surface area contributed by atoms with E-state index in [2.05, 4.69) is 0 Å². The summed E-state index contributed by atoms with van der Waals surface area (Å²) in [5, 5.41) is 0. The highest BCUT2D eigenvalue weighted by molar-refractivity contribution is 8.13. The Labute approximate surface area is 76.6 Å². The van der Waals surface area contributed by atoms with E-state index in [1.807, 2.05) is 0 Å². The summed E-state index contributed by atoms with van der Waals surface area (Å²) in [6, 6.07) is 6.59. The van der Waals surface area contributed by atoms with E-state index in [-0.39, 0.29) is 4.90 Å². The highest BCUT2D eigenvalue weighted by Gasteiger charge is 2.12. The lowest BCUT2D eigenvalue weighted by atomic mass is 10.2. The van der Waals surface area contributed by atoms with Crippen molar-refractivity contribution in [1.82, 2.24) is 0 Å². The van der Waals surface area contributed by atoms with Gasteiger partial charge in [0.2, 0.25) is 0 Å². The molecule has 0 heterocycles. The highest BCUT2D eigenvalue weighted by Crippen LogP contribution is 2.20. The molecule has 0 atom stereocenters. The number of hydrogen-bond donors (Lipinski definition) is 0. The van der Waals surface area contributed by atoms with Gasteiger partial charge in [0.25, 0.3) is 9.05 Å². The second-order valence-corrected chi connectivity index (χ2v) is 4.80. The van der Waals surface area contributed by atoms with Crippen LogP contribution >= 0.6 is 10.7 Å². The molecule has 1 rings (SSSR count). The molecule has 0 unspecified atom stereocenters. The van der Waals surface area contributed by atoms with E-state index in [9.17, 15) is 8.42 Å². The second-order valence-electron chi connectivity index (χ2n) is 2.26. The standard InChI is InChI=1S/C8H8ClO2S/c1-2-7-5-3-4-6-8(7)12(9,10)11/h2-6H,1H3. The lowest BCUT2D eigenvalue weighted by Crippen LogP contribution is -1.94. The average molecular weight is 204 g/mol. The molecular formula is C8H8ClO2S. The van der Waals surface area contributed by atoms with Gasteiger partial charge in [0.15, 0.2) is 0 Å². The Morgan fingerprint density at radius 1 is 1.33 bits per heavy atom. The normalized spacial score (nSPS) is 11.5. The van der Waals surface area contributed by atoms with Gasteiger partial charge in [-0.1, -0.05) is 25.1 Å². The zero-order valence-electron chi connectivity index (χ0n) is 6.49. The van der Waals surface area contributed by atoms with Gasteiger partial charge in [-0.3, -0.25) is 0 Å². The lowest BCUT2D eigenvalue weighted by Gasteiger charge is -2.01. The maximum atomic E-state index is 11.0. The number of hydrogen-bond acceptors (Lipinski definition) is 2. The molecule has 1 aromatic rings. The minimum atomic E-state index is -3.60. The Balaban J connectivity index is 3.33. The molecule has 0 saturated carbocycles. The predicted molar refractivity (Wildman–Crippen MR) is 48.6 cm³/mol. The van der Waals surface area contributed by atoms with Crippen molar-refractivity contribution in [2.75, 3.05) is 0 Å². The fraction of sp³-hybridized carbons (Fsp3) is 0.125. The molecule has 65 valence electrons. The van der Waals surface area contributed by atoms with Crippen molar-refractivity contribution >= 4 is 19.7 Å². The number of halogens is 1. The summed E-state index contributed by atoms with van der Waals surface area (Å²) in [6.45, 7) is 1.76. The first-order chi connectivity index (χ1) is 5.55. The monoisotopic (exact) mass is 203 g/mol. The quantitative estimate of drug-likeness (QED) is 0.691. The molecule has 4 heteroatoms. The van der Waals surface area contributed by atoms with Crippen molar-refractivity contribution in [2.24, 2.45) is 0 Å². The summed E-state index contributed by atoms with van der Waals surface area (Å²) in [5.41, 5.74) is 0.632. The molecule has 0 bridgehead atoms. The van der Waals surface area contributed by atoms with Crippen molar-refractivity contribution in [1.29, 1.82) is 0 Å². The summed E-state index contributed by atoms with van der Waals surface area (Å²) < 4.78 is 21.9. The van der Waals surface area contributed by atoms with Gasteiger partial charge in [-0.25, -0.2) is 8.42 Å². The molecule has 0 aliphatic rings. The molecule has 0 fully saturated rings. The molecule has 0 aliphatic heterocycles. The van der Waals surface area contributed by atoms with E-state index in [1.165, 1.54) is 6.07 Å². The van der Waals surface area contributed by atoms with Crippen LogP contribution in [0.5, 0.6) is 0 Å². The molecular weight excluding hydrogens is 196 g/mol. The predicted octanol–water partition coefficient (Wildman–Crippen LogP) is 2.19. The Hall–Kier alpha value is -0.540. The van der Waals surface area contributed by atoms with Crippen LogP contribution in [0.15, 0.2) is 29.2 Å². The molecule has 0 aromatic heterocycles. The van der Waals surface area contributed by atoms with Gasteiger partial charge in [-0.15, -0.1) is 0 Å². The average Bonchev–Trinajstić information content (AvgIpc) is 2.03. The Bertz CT molecular complexity index is 370. The summed E-state index contributed by atoms with van der Waals surface area (Å²) >= 11 is 0. The fourth-order valence-electron chi connectivity index (χ4n) is 0.941. The first kappa shape index (κ1) is 9.55. The summed E-state index contributed by atoms with van der Waals surface area (Å²) in [4.78, 5) is 0.161. The van der Waals surface area contributed by atoms with Crippen molar-refractivity contribution in [2.45, 2.75) is 11.8 Å². The first-order valence-electron chi connectivity index (χ1n) is 3.39. The second kappa shape index (κ2) is 3.46. The van der Waals surface area contributed by atoms with Crippen LogP contribution in [0, 0.1) is 6.42 Å². The third-order valence-electron chi connectivity index (χ3n) is 1.49. The SMILES string of the molecule is C[CH]c1ccccc1S(=O)(=O)Cl. The minimum Gasteiger partial charge on any atom is -0.207 e. The van der Waals surface area contributed by atoms with Gasteiger partial charge >= 0.3 is 0 Å². The summed E-state index contributed by atoms with van der Waals surface area (Å²) in [6.07, 6.45) is 1.70. The number of rotatable bonds is 2. The molecule has 12 heavy (non-hydrogen) atoms. The fourth-order valence-corrected chi connectivity index (χ4v) is 2.07. The zero-order chi connectivity index (χ0) is 9.19. The lowest BCUT2D eigenvalue weighted by molar-refractivity contribution is 0.609. The molecule has 0 N–H and O–H groups in total. The van der Waals surface area contributed by atoms with Crippen LogP contribution in [0.3, 0.4) is 0 Å². The van der Waals surface area contributed by atoms with E-state index >= 15 is 0 Å². The third kappa shape index (κ3) is 1.99. The summed E-state index contributed by atoms with van der Waals surface area (Å²) in [7, 11) is 1.59. The van der Waals surface area contributed by atoms with Crippen molar-refractivity contribution < 1.29 is 8.42 Å². The van der Waals surface area contributed by atoms with Crippen LogP contribution in [0.25, 0.3) is 0 Å². The van der Waals surface area contributed by atoms with Gasteiger partial charge in [-0.2, -0.15) is 0 Å². The molecule has 0 aliphatic carbocycles. The number of benzene rings is 1. The van der Waals surface area contributed by atoms with E-state index < -0.39 is 9.05 Å². The minimum absolute atomic E-state index is 0.161. The van der Waals surface area contributed by atoms with Crippen molar-refractivity contribution in [3.05, 3.63) is 36.2 Å². The maximum Gasteiger partial charge on any atom is 0.261 e.